The van der Waals surface area contributed by atoms with Crippen molar-refractivity contribution in [2.24, 2.45) is 40.4 Å². The van der Waals surface area contributed by atoms with E-state index >= 15 is 0 Å². The van der Waals surface area contributed by atoms with Gasteiger partial charge in [0.2, 0.25) is 0 Å². The summed E-state index contributed by atoms with van der Waals surface area (Å²) in [6, 6.07) is 0. The minimum Gasteiger partial charge on any atom is -0.393 e. The molecule has 1 nitrogen and oxygen atoms in total. The summed E-state index contributed by atoms with van der Waals surface area (Å²) in [6.45, 7) is 12.3. The van der Waals surface area contributed by atoms with E-state index in [0.29, 0.717) is 16.7 Å². The molecule has 0 aliphatic heterocycles. The van der Waals surface area contributed by atoms with Crippen LogP contribution in [0.5, 0.6) is 0 Å². The van der Waals surface area contributed by atoms with Gasteiger partial charge in [0.15, 0.2) is 0 Å². The van der Waals surface area contributed by atoms with Crippen LogP contribution in [-0.4, -0.2) is 11.2 Å². The maximum atomic E-state index is 10.2. The van der Waals surface area contributed by atoms with Crippen LogP contribution in [0.1, 0.15) is 98.8 Å². The Morgan fingerprint density at radius 2 is 1.82 bits per heavy atom. The minimum absolute atomic E-state index is 0.0385. The van der Waals surface area contributed by atoms with Crippen LogP contribution in [-0.2, 0) is 0 Å². The second-order valence-electron chi connectivity index (χ2n) is 11.7. The second-order valence-corrected chi connectivity index (χ2v) is 11.7. The molecule has 2 fully saturated rings. The van der Waals surface area contributed by atoms with E-state index in [2.05, 4.69) is 46.8 Å². The Balaban J connectivity index is 1.56. The lowest BCUT2D eigenvalue weighted by atomic mass is 9.50. The number of hydrogen-bond donors (Lipinski definition) is 1. The highest BCUT2D eigenvalue weighted by Crippen LogP contribution is 2.65. The summed E-state index contributed by atoms with van der Waals surface area (Å²) in [7, 11) is 0. The van der Waals surface area contributed by atoms with Crippen LogP contribution >= 0.6 is 0 Å². The fourth-order valence-corrected chi connectivity index (χ4v) is 8.04. The third kappa shape index (κ3) is 3.34. The van der Waals surface area contributed by atoms with E-state index in [-0.39, 0.29) is 6.10 Å². The van der Waals surface area contributed by atoms with Gasteiger partial charge in [-0.15, -0.1) is 0 Å². The molecule has 0 aromatic rings. The molecular weight excluding hydrogens is 340 g/mol. The van der Waals surface area contributed by atoms with Crippen LogP contribution in [0.15, 0.2) is 23.3 Å². The Morgan fingerprint density at radius 3 is 2.57 bits per heavy atom. The van der Waals surface area contributed by atoms with Crippen molar-refractivity contribution in [3.63, 3.8) is 0 Å². The van der Waals surface area contributed by atoms with Crippen LogP contribution in [0.4, 0.5) is 0 Å². The molecule has 158 valence electrons. The van der Waals surface area contributed by atoms with E-state index in [1.807, 2.05) is 11.1 Å². The topological polar surface area (TPSA) is 20.2 Å². The second kappa shape index (κ2) is 7.60. The van der Waals surface area contributed by atoms with E-state index in [1.165, 1.54) is 51.4 Å². The van der Waals surface area contributed by atoms with Gasteiger partial charge in [-0.1, -0.05) is 57.9 Å². The van der Waals surface area contributed by atoms with Crippen LogP contribution in [0.2, 0.25) is 0 Å². The highest BCUT2D eigenvalue weighted by atomic mass is 16.3. The van der Waals surface area contributed by atoms with Crippen molar-refractivity contribution in [1.82, 2.24) is 0 Å². The predicted octanol–water partition coefficient (Wildman–Crippen LogP) is 7.31. The molecular formula is C27H44O. The van der Waals surface area contributed by atoms with Crippen molar-refractivity contribution >= 4 is 0 Å². The molecule has 4 rings (SSSR count). The quantitative estimate of drug-likeness (QED) is 0.504. The molecule has 0 aromatic heterocycles. The van der Waals surface area contributed by atoms with Gasteiger partial charge in [0.25, 0.3) is 0 Å². The molecule has 2 saturated carbocycles. The summed E-state index contributed by atoms with van der Waals surface area (Å²) in [5.41, 5.74) is 4.67. The van der Waals surface area contributed by atoms with Crippen LogP contribution in [0.3, 0.4) is 0 Å². The monoisotopic (exact) mass is 384 g/mol. The number of allylic oxidation sites excluding steroid dienone is 4. The molecule has 1 heteroatoms. The molecule has 1 N–H and O–H groups in total. The molecule has 0 aromatic carbocycles. The summed E-state index contributed by atoms with van der Waals surface area (Å²) in [6.07, 6.45) is 17.7. The molecule has 4 aliphatic rings. The summed E-state index contributed by atoms with van der Waals surface area (Å²) in [5, 5.41) is 10.2. The lowest BCUT2D eigenvalue weighted by Gasteiger charge is -2.55. The molecule has 0 heterocycles. The normalized spacial score (nSPS) is 44.5. The Bertz CT molecular complexity index is 643. The van der Waals surface area contributed by atoms with Gasteiger partial charge in [0.1, 0.15) is 0 Å². The molecule has 28 heavy (non-hydrogen) atoms. The first-order valence-electron chi connectivity index (χ1n) is 12.3. The Labute approximate surface area is 174 Å². The van der Waals surface area contributed by atoms with E-state index in [9.17, 15) is 5.11 Å². The first-order valence-corrected chi connectivity index (χ1v) is 12.3. The Kier molecular flexibility index (Phi) is 5.62. The zero-order valence-corrected chi connectivity index (χ0v) is 19.1. The minimum atomic E-state index is -0.0385. The van der Waals surface area contributed by atoms with Gasteiger partial charge in [-0.3, -0.25) is 0 Å². The predicted molar refractivity (Wildman–Crippen MR) is 119 cm³/mol. The molecule has 7 atom stereocenters. The lowest BCUT2D eigenvalue weighted by molar-refractivity contribution is 0.0145. The lowest BCUT2D eigenvalue weighted by Crippen LogP contribution is -2.45. The average Bonchev–Trinajstić information content (AvgIpc) is 2.99. The van der Waals surface area contributed by atoms with Gasteiger partial charge in [-0.2, -0.15) is 0 Å². The van der Waals surface area contributed by atoms with Gasteiger partial charge < -0.3 is 5.11 Å². The fourth-order valence-electron chi connectivity index (χ4n) is 8.04. The van der Waals surface area contributed by atoms with Crippen molar-refractivity contribution in [1.29, 1.82) is 0 Å². The van der Waals surface area contributed by atoms with Gasteiger partial charge in [0.05, 0.1) is 6.10 Å². The number of aliphatic hydroxyl groups excluding tert-OH is 1. The number of aliphatic hydroxyl groups is 1. The van der Waals surface area contributed by atoms with Crippen molar-refractivity contribution in [3.8, 4) is 0 Å². The smallest absolute Gasteiger partial charge is 0.0543 e. The number of rotatable bonds is 4. The van der Waals surface area contributed by atoms with Crippen molar-refractivity contribution in [2.75, 3.05) is 0 Å². The first kappa shape index (κ1) is 20.7. The zero-order chi connectivity index (χ0) is 20.1. The SMILES string of the molecule is CC(C)C/C=C\[C@@H](C)[C@H]1CC[C@H]2C3=C(CC[C@]12C)[C@@]1(C)CC[C@H](O)C[C@@H]1CC3. The van der Waals surface area contributed by atoms with Crippen LogP contribution in [0, 0.1) is 40.4 Å². The third-order valence-corrected chi connectivity index (χ3v) is 9.72. The van der Waals surface area contributed by atoms with Gasteiger partial charge >= 0.3 is 0 Å². The molecule has 0 amide bonds. The Hall–Kier alpha value is -0.560. The molecule has 4 aliphatic carbocycles. The largest absolute Gasteiger partial charge is 0.393 e. The van der Waals surface area contributed by atoms with E-state index in [0.717, 1.165) is 36.5 Å². The Morgan fingerprint density at radius 1 is 1.04 bits per heavy atom. The molecule has 0 unspecified atom stereocenters. The van der Waals surface area contributed by atoms with Crippen molar-refractivity contribution < 1.29 is 5.11 Å². The molecule has 0 radical (unpaired) electrons. The maximum Gasteiger partial charge on any atom is 0.0543 e. The summed E-state index contributed by atoms with van der Waals surface area (Å²) >= 11 is 0. The number of fused-ring (bicyclic) bond motifs is 4. The van der Waals surface area contributed by atoms with Crippen molar-refractivity contribution in [2.45, 2.75) is 105 Å². The first-order chi connectivity index (χ1) is 13.3. The summed E-state index contributed by atoms with van der Waals surface area (Å²) in [4.78, 5) is 0. The van der Waals surface area contributed by atoms with E-state index in [4.69, 9.17) is 0 Å². The molecule has 0 saturated heterocycles. The van der Waals surface area contributed by atoms with Crippen molar-refractivity contribution in [3.05, 3.63) is 23.3 Å². The maximum absolute atomic E-state index is 10.2. The van der Waals surface area contributed by atoms with E-state index in [1.54, 1.807) is 0 Å². The average molecular weight is 385 g/mol. The fraction of sp³-hybridized carbons (Fsp3) is 0.852. The number of hydrogen-bond acceptors (Lipinski definition) is 1. The standard InChI is InChI=1S/C27H44O/c1-18(2)7-6-8-19(3)23-11-12-24-22-10-9-20-17-21(28)13-15-26(20,4)25(22)14-16-27(23,24)5/h6,8,18-21,23-24,28H,7,9-17H2,1-5H3/b8-6-/t19-,20+,21+,23-,24+,26+,27-/m1/s1. The van der Waals surface area contributed by atoms with Crippen LogP contribution < -0.4 is 0 Å². The van der Waals surface area contributed by atoms with Crippen LogP contribution in [0.25, 0.3) is 0 Å². The highest BCUT2D eigenvalue weighted by Gasteiger charge is 2.55. The zero-order valence-electron chi connectivity index (χ0n) is 19.1. The summed E-state index contributed by atoms with van der Waals surface area (Å²) < 4.78 is 0. The molecule has 0 bridgehead atoms. The highest BCUT2D eigenvalue weighted by molar-refractivity contribution is 5.34. The molecule has 0 spiro atoms. The third-order valence-electron chi connectivity index (χ3n) is 9.72. The summed E-state index contributed by atoms with van der Waals surface area (Å²) in [5.74, 6) is 3.91. The van der Waals surface area contributed by atoms with Gasteiger partial charge in [0, 0.05) is 0 Å². The van der Waals surface area contributed by atoms with Gasteiger partial charge in [-0.25, -0.2) is 0 Å². The van der Waals surface area contributed by atoms with Gasteiger partial charge in [-0.05, 0) is 105 Å². The van der Waals surface area contributed by atoms with E-state index < -0.39 is 0 Å².